The van der Waals surface area contributed by atoms with Gasteiger partial charge in [-0.15, -0.1) is 0 Å². The maximum absolute atomic E-state index is 12.0. The van der Waals surface area contributed by atoms with Gasteiger partial charge < -0.3 is 10.4 Å². The molecule has 9 heteroatoms. The fourth-order valence-corrected chi connectivity index (χ4v) is 2.97. The molecule has 3 N–H and O–H groups in total. The van der Waals surface area contributed by atoms with Crippen LogP contribution in [0.3, 0.4) is 0 Å². The number of carboxylic acid groups (broad SMARTS) is 1. The van der Waals surface area contributed by atoms with Crippen molar-refractivity contribution in [3.8, 4) is 0 Å². The highest BCUT2D eigenvalue weighted by Crippen LogP contribution is 2.09. The summed E-state index contributed by atoms with van der Waals surface area (Å²) in [7, 11) is -4.03. The highest BCUT2D eigenvalue weighted by molar-refractivity contribution is 7.98. The van der Waals surface area contributed by atoms with E-state index in [1.165, 1.54) is 23.9 Å². The van der Waals surface area contributed by atoms with E-state index in [-0.39, 0.29) is 11.3 Å². The highest BCUT2D eigenvalue weighted by atomic mass is 32.2. The topological polar surface area (TPSA) is 113 Å². The molecule has 1 atom stereocenters. The SMILES string of the molecule is CSCCC(NC(=O)NS(=O)(=O)c1ccc(C)cc1)C(=O)O. The average Bonchev–Trinajstić information content (AvgIpc) is 2.43. The number of urea groups is 1. The van der Waals surface area contributed by atoms with Crippen LogP contribution in [-0.4, -0.2) is 43.6 Å². The lowest BCUT2D eigenvalue weighted by Gasteiger charge is -2.14. The van der Waals surface area contributed by atoms with Gasteiger partial charge in [-0.25, -0.2) is 22.7 Å². The smallest absolute Gasteiger partial charge is 0.329 e. The molecular formula is C13H18N2O5S2. The highest BCUT2D eigenvalue weighted by Gasteiger charge is 2.23. The molecule has 1 aromatic rings. The van der Waals surface area contributed by atoms with Crippen LogP contribution in [0.5, 0.6) is 0 Å². The molecule has 0 heterocycles. The van der Waals surface area contributed by atoms with Gasteiger partial charge in [-0.2, -0.15) is 11.8 Å². The maximum Gasteiger partial charge on any atom is 0.329 e. The third-order valence-electron chi connectivity index (χ3n) is 2.77. The van der Waals surface area contributed by atoms with Crippen LogP contribution in [0.4, 0.5) is 4.79 Å². The summed E-state index contributed by atoms with van der Waals surface area (Å²) in [5, 5.41) is 11.1. The van der Waals surface area contributed by atoms with E-state index in [2.05, 4.69) is 5.32 Å². The number of carboxylic acids is 1. The Hall–Kier alpha value is -1.74. The molecule has 0 aromatic heterocycles. The molecule has 0 saturated heterocycles. The van der Waals surface area contributed by atoms with E-state index in [0.29, 0.717) is 5.75 Å². The fraction of sp³-hybridized carbons (Fsp3) is 0.385. The minimum Gasteiger partial charge on any atom is -0.480 e. The third-order valence-corrected chi connectivity index (χ3v) is 4.76. The van der Waals surface area contributed by atoms with E-state index in [1.54, 1.807) is 30.0 Å². The summed E-state index contributed by atoms with van der Waals surface area (Å²) in [5.41, 5.74) is 0.881. The number of aliphatic carboxylic acids is 1. The zero-order valence-electron chi connectivity index (χ0n) is 12.2. The molecule has 0 aliphatic heterocycles. The van der Waals surface area contributed by atoms with Gasteiger partial charge >= 0.3 is 12.0 Å². The van der Waals surface area contributed by atoms with Gasteiger partial charge in [0, 0.05) is 0 Å². The first-order valence-corrected chi connectivity index (χ1v) is 9.25. The molecule has 0 radical (unpaired) electrons. The summed E-state index contributed by atoms with van der Waals surface area (Å²) in [6.45, 7) is 1.81. The van der Waals surface area contributed by atoms with Crippen LogP contribution in [-0.2, 0) is 14.8 Å². The zero-order valence-corrected chi connectivity index (χ0v) is 13.8. The summed E-state index contributed by atoms with van der Waals surface area (Å²) in [4.78, 5) is 22.7. The van der Waals surface area contributed by atoms with Gasteiger partial charge in [0.15, 0.2) is 0 Å². The summed E-state index contributed by atoms with van der Waals surface area (Å²) >= 11 is 1.43. The molecule has 22 heavy (non-hydrogen) atoms. The molecule has 0 aliphatic rings. The molecule has 1 rings (SSSR count). The Morgan fingerprint density at radius 1 is 1.27 bits per heavy atom. The van der Waals surface area contributed by atoms with Crippen LogP contribution in [0.15, 0.2) is 29.2 Å². The van der Waals surface area contributed by atoms with Crippen LogP contribution in [0.1, 0.15) is 12.0 Å². The summed E-state index contributed by atoms with van der Waals surface area (Å²) in [6.07, 6.45) is 2.01. The molecule has 0 bridgehead atoms. The van der Waals surface area contributed by atoms with Gasteiger partial charge in [-0.05, 0) is 37.5 Å². The number of nitrogens with one attached hydrogen (secondary N) is 2. The Kier molecular flexibility index (Phi) is 6.69. The molecule has 2 amide bonds. The van der Waals surface area contributed by atoms with Crippen molar-refractivity contribution >= 4 is 33.8 Å². The number of benzene rings is 1. The minimum absolute atomic E-state index is 0.0655. The second-order valence-electron chi connectivity index (χ2n) is 4.56. The minimum atomic E-state index is -4.03. The molecule has 1 unspecified atom stereocenters. The number of carbonyl (C=O) groups is 2. The molecule has 0 fully saturated rings. The quantitative estimate of drug-likeness (QED) is 0.683. The van der Waals surface area contributed by atoms with Crippen LogP contribution in [0.25, 0.3) is 0 Å². The molecule has 0 aliphatic carbocycles. The number of hydrogen-bond donors (Lipinski definition) is 3. The lowest BCUT2D eigenvalue weighted by Crippen LogP contribution is -2.47. The second kappa shape index (κ2) is 8.04. The Bertz CT molecular complexity index is 628. The fourth-order valence-electron chi connectivity index (χ4n) is 1.58. The number of hydrogen-bond acceptors (Lipinski definition) is 5. The number of aryl methyl sites for hydroxylation is 1. The molecular weight excluding hydrogens is 328 g/mol. The van der Waals surface area contributed by atoms with Crippen LogP contribution >= 0.6 is 11.8 Å². The van der Waals surface area contributed by atoms with Crippen molar-refractivity contribution in [2.45, 2.75) is 24.3 Å². The predicted molar refractivity (Wildman–Crippen MR) is 84.5 cm³/mol. The van der Waals surface area contributed by atoms with Gasteiger partial charge in [0.2, 0.25) is 0 Å². The summed E-state index contributed by atoms with van der Waals surface area (Å²) < 4.78 is 25.8. The number of rotatable bonds is 7. The van der Waals surface area contributed by atoms with Gasteiger partial charge in [0.1, 0.15) is 6.04 Å². The Morgan fingerprint density at radius 2 is 1.86 bits per heavy atom. The van der Waals surface area contributed by atoms with Crippen LogP contribution < -0.4 is 10.0 Å². The maximum atomic E-state index is 12.0. The standard InChI is InChI=1S/C13H18N2O5S2/c1-9-3-5-10(6-4-9)22(19,20)15-13(18)14-11(12(16)17)7-8-21-2/h3-6,11H,7-8H2,1-2H3,(H,16,17)(H2,14,15,18). The third kappa shape index (κ3) is 5.57. The van der Waals surface area contributed by atoms with Crippen molar-refractivity contribution in [3.63, 3.8) is 0 Å². The number of thioether (sulfide) groups is 1. The van der Waals surface area contributed by atoms with E-state index in [1.807, 2.05) is 0 Å². The van der Waals surface area contributed by atoms with Gasteiger partial charge in [-0.1, -0.05) is 17.7 Å². The lowest BCUT2D eigenvalue weighted by atomic mass is 10.2. The van der Waals surface area contributed by atoms with Gasteiger partial charge in [-0.3, -0.25) is 0 Å². The van der Waals surface area contributed by atoms with Crippen molar-refractivity contribution in [1.29, 1.82) is 0 Å². The molecule has 122 valence electrons. The van der Waals surface area contributed by atoms with Crippen LogP contribution in [0.2, 0.25) is 0 Å². The summed E-state index contributed by atoms with van der Waals surface area (Å²) in [6, 6.07) is 3.74. The predicted octanol–water partition coefficient (Wildman–Crippen LogP) is 1.19. The number of sulfonamides is 1. The molecule has 7 nitrogen and oxygen atoms in total. The van der Waals surface area contributed by atoms with E-state index < -0.39 is 28.1 Å². The van der Waals surface area contributed by atoms with E-state index >= 15 is 0 Å². The van der Waals surface area contributed by atoms with Crippen molar-refractivity contribution in [3.05, 3.63) is 29.8 Å². The Morgan fingerprint density at radius 3 is 2.36 bits per heavy atom. The second-order valence-corrected chi connectivity index (χ2v) is 7.23. The normalized spacial score (nSPS) is 12.5. The van der Waals surface area contributed by atoms with Crippen molar-refractivity contribution < 1.29 is 23.1 Å². The van der Waals surface area contributed by atoms with Gasteiger partial charge in [0.25, 0.3) is 10.0 Å². The first kappa shape index (κ1) is 18.3. The first-order valence-electron chi connectivity index (χ1n) is 6.38. The largest absolute Gasteiger partial charge is 0.480 e. The first-order chi connectivity index (χ1) is 10.3. The average molecular weight is 346 g/mol. The lowest BCUT2D eigenvalue weighted by molar-refractivity contribution is -0.139. The molecule has 0 saturated carbocycles. The van der Waals surface area contributed by atoms with E-state index in [9.17, 15) is 18.0 Å². The Balaban J connectivity index is 2.73. The van der Waals surface area contributed by atoms with Gasteiger partial charge in [0.05, 0.1) is 4.90 Å². The zero-order chi connectivity index (χ0) is 16.8. The number of amides is 2. The summed E-state index contributed by atoms with van der Waals surface area (Å²) in [5.74, 6) is -0.681. The van der Waals surface area contributed by atoms with Crippen LogP contribution in [0, 0.1) is 6.92 Å². The van der Waals surface area contributed by atoms with E-state index in [4.69, 9.17) is 5.11 Å². The molecule has 1 aromatic carbocycles. The monoisotopic (exact) mass is 346 g/mol. The molecule has 0 spiro atoms. The van der Waals surface area contributed by atoms with E-state index in [0.717, 1.165) is 5.56 Å². The Labute approximate surface area is 133 Å². The van der Waals surface area contributed by atoms with Crippen molar-refractivity contribution in [2.75, 3.05) is 12.0 Å². The van der Waals surface area contributed by atoms with Crippen molar-refractivity contribution in [2.24, 2.45) is 0 Å². The van der Waals surface area contributed by atoms with Crippen molar-refractivity contribution in [1.82, 2.24) is 10.0 Å². The number of carbonyl (C=O) groups excluding carboxylic acids is 1.